The lowest BCUT2D eigenvalue weighted by molar-refractivity contribution is 0.101. The van der Waals surface area contributed by atoms with Gasteiger partial charge in [0.2, 0.25) is 0 Å². The fourth-order valence-electron chi connectivity index (χ4n) is 2.97. The smallest absolute Gasteiger partial charge is 0.272 e. The number of rotatable bonds is 2. The third-order valence-corrected chi connectivity index (χ3v) is 4.43. The summed E-state index contributed by atoms with van der Waals surface area (Å²) in [5.41, 5.74) is 5.95. The summed E-state index contributed by atoms with van der Waals surface area (Å²) >= 11 is 0. The SMILES string of the molecule is Cc1cccc(NC(=O)c2c(C)c3ccccc3n2C)c1C. The molecule has 112 valence electrons. The molecule has 3 heteroatoms. The Morgan fingerprint density at radius 1 is 0.955 bits per heavy atom. The standard InChI is InChI=1S/C19H20N2O/c1-12-8-7-10-16(13(12)2)20-19(22)18-14(3)15-9-5-6-11-17(15)21(18)4/h5-11H,1-4H3,(H,20,22). The largest absolute Gasteiger partial charge is 0.339 e. The van der Waals surface area contributed by atoms with Gasteiger partial charge in [-0.1, -0.05) is 30.3 Å². The summed E-state index contributed by atoms with van der Waals surface area (Å²) in [7, 11) is 1.94. The minimum absolute atomic E-state index is 0.0649. The molecular formula is C19H20N2O. The molecule has 0 saturated carbocycles. The van der Waals surface area contributed by atoms with Gasteiger partial charge in [0.15, 0.2) is 0 Å². The molecular weight excluding hydrogens is 272 g/mol. The first-order valence-corrected chi connectivity index (χ1v) is 7.42. The Bertz CT molecular complexity index is 836. The minimum atomic E-state index is -0.0649. The molecule has 0 atom stereocenters. The molecule has 0 saturated heterocycles. The Kier molecular flexibility index (Phi) is 3.49. The maximum absolute atomic E-state index is 12.8. The fourth-order valence-corrected chi connectivity index (χ4v) is 2.97. The molecule has 3 nitrogen and oxygen atoms in total. The second-order valence-corrected chi connectivity index (χ2v) is 5.75. The molecule has 1 heterocycles. The van der Waals surface area contributed by atoms with Crippen LogP contribution in [0, 0.1) is 20.8 Å². The Morgan fingerprint density at radius 3 is 2.41 bits per heavy atom. The Hall–Kier alpha value is -2.55. The molecule has 0 unspecified atom stereocenters. The number of anilines is 1. The number of nitrogens with zero attached hydrogens (tertiary/aromatic N) is 1. The summed E-state index contributed by atoms with van der Waals surface area (Å²) in [6.45, 7) is 6.08. The molecule has 22 heavy (non-hydrogen) atoms. The molecule has 2 aromatic carbocycles. The van der Waals surface area contributed by atoms with E-state index in [1.165, 1.54) is 5.56 Å². The average Bonchev–Trinajstić information content (AvgIpc) is 2.76. The zero-order valence-electron chi connectivity index (χ0n) is 13.4. The van der Waals surface area contributed by atoms with Gasteiger partial charge in [-0.2, -0.15) is 0 Å². The highest BCUT2D eigenvalue weighted by atomic mass is 16.2. The molecule has 0 fully saturated rings. The van der Waals surface area contributed by atoms with E-state index < -0.39 is 0 Å². The van der Waals surface area contributed by atoms with Crippen LogP contribution >= 0.6 is 0 Å². The van der Waals surface area contributed by atoms with Crippen molar-refractivity contribution in [1.82, 2.24) is 4.57 Å². The minimum Gasteiger partial charge on any atom is -0.339 e. The monoisotopic (exact) mass is 292 g/mol. The summed E-state index contributed by atoms with van der Waals surface area (Å²) < 4.78 is 1.96. The van der Waals surface area contributed by atoms with E-state index in [9.17, 15) is 4.79 Å². The van der Waals surface area contributed by atoms with Crippen LogP contribution in [0.25, 0.3) is 10.9 Å². The van der Waals surface area contributed by atoms with Crippen molar-refractivity contribution in [1.29, 1.82) is 0 Å². The van der Waals surface area contributed by atoms with Crippen LogP contribution in [0.3, 0.4) is 0 Å². The molecule has 1 N–H and O–H groups in total. The van der Waals surface area contributed by atoms with Gasteiger partial charge >= 0.3 is 0 Å². The second kappa shape index (κ2) is 5.34. The van der Waals surface area contributed by atoms with Gasteiger partial charge in [-0.15, -0.1) is 0 Å². The number of carbonyl (C=O) groups excluding carboxylic acids is 1. The molecule has 1 amide bonds. The van der Waals surface area contributed by atoms with E-state index in [1.54, 1.807) is 0 Å². The molecule has 0 aliphatic carbocycles. The average molecular weight is 292 g/mol. The number of aryl methyl sites for hydroxylation is 3. The highest BCUT2D eigenvalue weighted by molar-refractivity contribution is 6.08. The molecule has 3 aromatic rings. The van der Waals surface area contributed by atoms with Crippen molar-refractivity contribution in [3.8, 4) is 0 Å². The van der Waals surface area contributed by atoms with Gasteiger partial charge < -0.3 is 9.88 Å². The summed E-state index contributed by atoms with van der Waals surface area (Å²) in [6.07, 6.45) is 0. The molecule has 0 aliphatic heterocycles. The van der Waals surface area contributed by atoms with Gasteiger partial charge in [0.25, 0.3) is 5.91 Å². The molecule has 1 aromatic heterocycles. The summed E-state index contributed by atoms with van der Waals surface area (Å²) in [4.78, 5) is 12.8. The van der Waals surface area contributed by atoms with E-state index in [-0.39, 0.29) is 5.91 Å². The Balaban J connectivity index is 2.05. The third kappa shape index (κ3) is 2.19. The normalized spacial score (nSPS) is 10.9. The molecule has 0 spiro atoms. The van der Waals surface area contributed by atoms with E-state index in [1.807, 2.05) is 68.8 Å². The zero-order chi connectivity index (χ0) is 15.9. The Labute approximate surface area is 130 Å². The lowest BCUT2D eigenvalue weighted by Gasteiger charge is -2.11. The van der Waals surface area contributed by atoms with E-state index in [2.05, 4.69) is 11.4 Å². The van der Waals surface area contributed by atoms with Crippen LogP contribution in [0.1, 0.15) is 27.2 Å². The van der Waals surface area contributed by atoms with Crippen molar-refractivity contribution in [2.75, 3.05) is 5.32 Å². The van der Waals surface area contributed by atoms with Gasteiger partial charge in [-0.05, 0) is 49.6 Å². The zero-order valence-corrected chi connectivity index (χ0v) is 13.4. The fraction of sp³-hybridized carbons (Fsp3) is 0.211. The number of aromatic nitrogens is 1. The van der Waals surface area contributed by atoms with Crippen LogP contribution in [0.4, 0.5) is 5.69 Å². The van der Waals surface area contributed by atoms with E-state index in [0.717, 1.165) is 27.7 Å². The maximum Gasteiger partial charge on any atom is 0.272 e. The topological polar surface area (TPSA) is 34.0 Å². The summed E-state index contributed by atoms with van der Waals surface area (Å²) in [6, 6.07) is 14.0. The van der Waals surface area contributed by atoms with E-state index >= 15 is 0 Å². The van der Waals surface area contributed by atoms with Crippen LogP contribution < -0.4 is 5.32 Å². The van der Waals surface area contributed by atoms with Gasteiger partial charge in [-0.3, -0.25) is 4.79 Å². The predicted octanol–water partition coefficient (Wildman–Crippen LogP) is 4.36. The number of hydrogen-bond acceptors (Lipinski definition) is 1. The summed E-state index contributed by atoms with van der Waals surface area (Å²) in [5.74, 6) is -0.0649. The first-order valence-electron chi connectivity index (χ1n) is 7.42. The number of carbonyl (C=O) groups is 1. The van der Waals surface area contributed by atoms with Gasteiger partial charge in [-0.25, -0.2) is 0 Å². The van der Waals surface area contributed by atoms with Crippen molar-refractivity contribution in [3.05, 3.63) is 64.8 Å². The summed E-state index contributed by atoms with van der Waals surface area (Å²) in [5, 5.41) is 4.17. The van der Waals surface area contributed by atoms with E-state index in [4.69, 9.17) is 0 Å². The van der Waals surface area contributed by atoms with E-state index in [0.29, 0.717) is 5.69 Å². The number of benzene rings is 2. The first-order chi connectivity index (χ1) is 10.5. The van der Waals surface area contributed by atoms with Crippen LogP contribution in [0.5, 0.6) is 0 Å². The first kappa shape index (κ1) is 14.4. The van der Waals surface area contributed by atoms with Crippen molar-refractivity contribution in [2.24, 2.45) is 7.05 Å². The van der Waals surface area contributed by atoms with Gasteiger partial charge in [0.1, 0.15) is 5.69 Å². The second-order valence-electron chi connectivity index (χ2n) is 5.75. The molecule has 3 rings (SSSR count). The van der Waals surface area contributed by atoms with Gasteiger partial charge in [0.05, 0.1) is 0 Å². The highest BCUT2D eigenvalue weighted by Gasteiger charge is 2.18. The molecule has 0 radical (unpaired) electrons. The number of fused-ring (bicyclic) bond motifs is 1. The van der Waals surface area contributed by atoms with Crippen LogP contribution in [-0.2, 0) is 7.05 Å². The number of para-hydroxylation sites is 1. The molecule has 0 bridgehead atoms. The lowest BCUT2D eigenvalue weighted by atomic mass is 10.1. The number of hydrogen-bond donors (Lipinski definition) is 1. The van der Waals surface area contributed by atoms with Crippen LogP contribution in [0.15, 0.2) is 42.5 Å². The maximum atomic E-state index is 12.8. The highest BCUT2D eigenvalue weighted by Crippen LogP contribution is 2.26. The number of amides is 1. The quantitative estimate of drug-likeness (QED) is 0.748. The Morgan fingerprint density at radius 2 is 1.68 bits per heavy atom. The predicted molar refractivity (Wildman–Crippen MR) is 91.5 cm³/mol. The third-order valence-electron chi connectivity index (χ3n) is 4.43. The number of nitrogens with one attached hydrogen (secondary N) is 1. The van der Waals surface area contributed by atoms with Crippen LogP contribution in [0.2, 0.25) is 0 Å². The van der Waals surface area contributed by atoms with Crippen molar-refractivity contribution < 1.29 is 4.79 Å². The van der Waals surface area contributed by atoms with Crippen molar-refractivity contribution in [3.63, 3.8) is 0 Å². The van der Waals surface area contributed by atoms with Crippen molar-refractivity contribution >= 4 is 22.5 Å². The van der Waals surface area contributed by atoms with Crippen LogP contribution in [-0.4, -0.2) is 10.5 Å². The molecule has 0 aliphatic rings. The van der Waals surface area contributed by atoms with Crippen molar-refractivity contribution in [2.45, 2.75) is 20.8 Å². The lowest BCUT2D eigenvalue weighted by Crippen LogP contribution is -2.17. The van der Waals surface area contributed by atoms with Gasteiger partial charge in [0, 0.05) is 23.6 Å².